The molecule has 3 aliphatic rings. The largest absolute Gasteiger partial charge is 0.469 e. The van der Waals surface area contributed by atoms with E-state index in [4.69, 9.17) is 52.4 Å². The maximum atomic E-state index is 13.8. The number of hydrogen-bond donors (Lipinski definition) is 19. The third kappa shape index (κ3) is 32.0. The summed E-state index contributed by atoms with van der Waals surface area (Å²) in [4.78, 5) is 122. The van der Waals surface area contributed by atoms with Crippen molar-refractivity contribution in [3.05, 3.63) is 0 Å². The van der Waals surface area contributed by atoms with E-state index in [-0.39, 0.29) is 131 Å². The van der Waals surface area contributed by atoms with Crippen LogP contribution in [-0.2, 0) is 90.1 Å². The minimum Gasteiger partial charge on any atom is -0.394 e. The highest BCUT2D eigenvalue weighted by Gasteiger charge is 2.48. The van der Waals surface area contributed by atoms with E-state index in [0.717, 1.165) is 0 Å². The summed E-state index contributed by atoms with van der Waals surface area (Å²) in [6.07, 6.45) is -18.7. The van der Waals surface area contributed by atoms with Crippen LogP contribution in [0, 0.1) is 0 Å². The summed E-state index contributed by atoms with van der Waals surface area (Å²) >= 11 is 0. The monoisotopic (exact) mass is 1390 g/mol. The Balaban J connectivity index is 1.64. The van der Waals surface area contributed by atoms with Gasteiger partial charge < -0.3 is 146 Å². The van der Waals surface area contributed by atoms with Gasteiger partial charge in [0.2, 0.25) is 47.3 Å². The zero-order chi connectivity index (χ0) is 69.9. The second-order valence-corrected chi connectivity index (χ2v) is 23.0. The molecule has 94 heavy (non-hydrogen) atoms. The maximum Gasteiger partial charge on any atom is 0.469 e. The first-order chi connectivity index (χ1) is 44.6. The number of phosphoric acid groups is 1. The van der Waals surface area contributed by atoms with E-state index in [1.165, 1.54) is 30.6 Å². The van der Waals surface area contributed by atoms with Gasteiger partial charge in [0.05, 0.1) is 112 Å². The summed E-state index contributed by atoms with van der Waals surface area (Å²) in [5, 5.41) is 119. The van der Waals surface area contributed by atoms with Gasteiger partial charge in [-0.2, -0.15) is 0 Å². The molecule has 0 aliphatic carbocycles. The maximum absolute atomic E-state index is 13.8. The molecule has 3 aliphatic heterocycles. The smallest absolute Gasteiger partial charge is 0.394 e. The predicted octanol–water partition coefficient (Wildman–Crippen LogP) is -11.5. The fourth-order valence-electron chi connectivity index (χ4n) is 9.46. The number of aliphatic hydroxyl groups excluding tert-OH is 10. The molecule has 0 spiro atoms. The van der Waals surface area contributed by atoms with Gasteiger partial charge in [0.15, 0.2) is 18.9 Å². The molecule has 3 heterocycles. The summed E-state index contributed by atoms with van der Waals surface area (Å²) < 4.78 is 65.3. The quantitative estimate of drug-likeness (QED) is 0.0199. The molecule has 8 amide bonds. The number of carbonyl (C=O) groups excluding carboxylic acids is 8. The van der Waals surface area contributed by atoms with Gasteiger partial charge >= 0.3 is 7.82 Å². The van der Waals surface area contributed by atoms with E-state index in [0.29, 0.717) is 0 Å². The molecule has 0 aromatic rings. The molecule has 3 fully saturated rings. The van der Waals surface area contributed by atoms with Crippen molar-refractivity contribution in [2.24, 2.45) is 0 Å². The van der Waals surface area contributed by atoms with Gasteiger partial charge in [-0.05, 0) is 12.8 Å². The van der Waals surface area contributed by atoms with Crippen LogP contribution in [0.4, 0.5) is 0 Å². The average Bonchev–Trinajstić information content (AvgIpc) is 0.831. The van der Waals surface area contributed by atoms with Gasteiger partial charge in [-0.25, -0.2) is 4.57 Å². The van der Waals surface area contributed by atoms with Gasteiger partial charge in [-0.15, -0.1) is 0 Å². The number of carbonyl (C=O) groups is 8. The van der Waals surface area contributed by atoms with Crippen LogP contribution in [-0.4, -0.2) is 361 Å². The molecule has 3 saturated heterocycles. The van der Waals surface area contributed by atoms with Crippen molar-refractivity contribution in [3.63, 3.8) is 0 Å². The SMILES string of the molecule is CC(=O)NC1C(OCCOCCNC(=O)CN(CCCN(CC(=O)NCCOCCOC2OC(CO)C(O)C(O)C2NC(C)=O)C(=O)CCCC(=O)NC[C@@H](O)COP(=O)(O)O)CC(=O)NCCOCCOC2OC(CO)C(O)C(O)C2NC(C)=O)OC(CO)C(O)C1O. The zero-order valence-corrected chi connectivity index (χ0v) is 53.5. The number of nitrogens with one attached hydrogen (secondary N) is 7. The molecule has 0 bridgehead atoms. The summed E-state index contributed by atoms with van der Waals surface area (Å²) in [5.41, 5.74) is 0. The van der Waals surface area contributed by atoms with Crippen LogP contribution in [0.15, 0.2) is 0 Å². The molecule has 15 unspecified atom stereocenters. The number of phosphoric ester groups is 1. The lowest BCUT2D eigenvalue weighted by Crippen LogP contribution is -2.64. The van der Waals surface area contributed by atoms with Gasteiger partial charge in [0, 0.05) is 72.9 Å². The second kappa shape index (κ2) is 44.8. The lowest BCUT2D eigenvalue weighted by molar-refractivity contribution is -0.272. The van der Waals surface area contributed by atoms with Crippen LogP contribution in [0.5, 0.6) is 0 Å². The lowest BCUT2D eigenvalue weighted by Gasteiger charge is -2.42. The van der Waals surface area contributed by atoms with Crippen LogP contribution >= 0.6 is 7.82 Å². The molecule has 3 rings (SSSR count). The Morgan fingerprint density at radius 1 is 0.479 bits per heavy atom. The first-order valence-corrected chi connectivity index (χ1v) is 31.8. The molecule has 16 atom stereocenters. The molecule has 0 aromatic heterocycles. The van der Waals surface area contributed by atoms with Crippen molar-refractivity contribution >= 4 is 55.1 Å². The number of hydrogen-bond acceptors (Lipinski definition) is 30. The van der Waals surface area contributed by atoms with E-state index in [1.807, 2.05) is 0 Å². The van der Waals surface area contributed by atoms with Crippen LogP contribution in [0.2, 0.25) is 0 Å². The van der Waals surface area contributed by atoms with Gasteiger partial charge in [0.1, 0.15) is 73.1 Å². The highest BCUT2D eigenvalue weighted by Crippen LogP contribution is 2.35. The molecule has 0 aromatic carbocycles. The van der Waals surface area contributed by atoms with Crippen molar-refractivity contribution < 1.29 is 151 Å². The van der Waals surface area contributed by atoms with Crippen molar-refractivity contribution in [3.8, 4) is 0 Å². The molecule has 19 N–H and O–H groups in total. The average molecular weight is 1390 g/mol. The number of rotatable bonds is 46. The Kier molecular flexibility index (Phi) is 39.7. The Morgan fingerprint density at radius 3 is 1.20 bits per heavy atom. The van der Waals surface area contributed by atoms with Crippen molar-refractivity contribution in [2.75, 3.05) is 145 Å². The van der Waals surface area contributed by atoms with Crippen molar-refractivity contribution in [1.29, 1.82) is 0 Å². The molecule has 41 heteroatoms. The topological polar surface area (TPSA) is 579 Å². The van der Waals surface area contributed by atoms with E-state index in [1.54, 1.807) is 0 Å². The second-order valence-electron chi connectivity index (χ2n) is 21.8. The zero-order valence-electron chi connectivity index (χ0n) is 52.6. The van der Waals surface area contributed by atoms with E-state index in [2.05, 4.69) is 41.7 Å². The van der Waals surface area contributed by atoms with Gasteiger partial charge in [-0.1, -0.05) is 0 Å². The summed E-state index contributed by atoms with van der Waals surface area (Å²) in [6.45, 7) is -2.19. The van der Waals surface area contributed by atoms with Crippen LogP contribution in [0.3, 0.4) is 0 Å². The van der Waals surface area contributed by atoms with Crippen LogP contribution < -0.4 is 37.2 Å². The fourth-order valence-corrected chi connectivity index (χ4v) is 9.83. The molecule has 0 saturated carbocycles. The predicted molar refractivity (Wildman–Crippen MR) is 314 cm³/mol. The highest BCUT2D eigenvalue weighted by molar-refractivity contribution is 7.46. The van der Waals surface area contributed by atoms with E-state index in [9.17, 15) is 94.0 Å². The Hall–Kier alpha value is -4.93. The van der Waals surface area contributed by atoms with Crippen LogP contribution in [0.1, 0.15) is 46.5 Å². The Morgan fingerprint density at radius 2 is 0.851 bits per heavy atom. The third-order valence-corrected chi connectivity index (χ3v) is 14.6. The molecule has 544 valence electrons. The minimum absolute atomic E-state index is 0.0326. The minimum atomic E-state index is -4.90. The summed E-state index contributed by atoms with van der Waals surface area (Å²) in [7, 11) is -4.90. The van der Waals surface area contributed by atoms with Crippen molar-refractivity contribution in [2.45, 2.75) is 144 Å². The first kappa shape index (κ1) is 83.3. The fraction of sp³-hybridized carbons (Fsp3) is 0.849. The summed E-state index contributed by atoms with van der Waals surface area (Å²) in [5.74, 6) is -4.69. The third-order valence-electron chi connectivity index (χ3n) is 14.1. The first-order valence-electron chi connectivity index (χ1n) is 30.3. The number of aliphatic hydroxyl groups is 10. The Bertz CT molecular complexity index is 2260. The molecular weight excluding hydrogens is 1290 g/mol. The summed E-state index contributed by atoms with van der Waals surface area (Å²) in [6, 6.07) is -3.56. The standard InChI is InChI=1S/C53H96N9O31P/c1-30(66)58-42-48(78)45(75)34(26-63)91-51(42)87-19-16-84-13-8-54-38(71)23-61(24-39(72)55-9-14-85-17-20-88-52-43(59-31(2)67)49(79)46(76)35(27-64)92-52)11-5-12-62(41(74)7-4-6-37(70)57-22-33(69)29-90-94(81,82)83)25-40(73)56-10-15-86-18-21-89-53-44(60-32(3)68)50(80)47(77)36(28-65)93-53/h33-36,42-53,63-65,69,75-80H,4-29H2,1-3H3,(H,54,71)(H,55,72)(H,56,73)(H,57,70)(H,58,66)(H,59,67)(H,60,68)(H2,81,82,83)/t33-,34?,35?,36?,42?,43?,44?,45?,46?,47?,48?,49?,50?,51?,52?,53?/m1/s1. The number of nitrogens with zero attached hydrogens (tertiary/aromatic N) is 2. The van der Waals surface area contributed by atoms with Gasteiger partial charge in [0.25, 0.3) is 0 Å². The molecule has 40 nitrogen and oxygen atoms in total. The highest BCUT2D eigenvalue weighted by atomic mass is 31.2. The molecular formula is C53H96N9O31P. The van der Waals surface area contributed by atoms with E-state index >= 15 is 0 Å². The number of amides is 8. The Labute approximate surface area is 541 Å². The lowest BCUT2D eigenvalue weighted by atomic mass is 9.97. The van der Waals surface area contributed by atoms with Gasteiger partial charge in [-0.3, -0.25) is 47.8 Å². The van der Waals surface area contributed by atoms with E-state index < -0.39 is 193 Å². The normalized spacial score (nSPS) is 26.6. The molecule has 0 radical (unpaired) electrons. The number of ether oxygens (including phenoxy) is 9. The van der Waals surface area contributed by atoms with Crippen LogP contribution in [0.25, 0.3) is 0 Å². The van der Waals surface area contributed by atoms with Crippen molar-refractivity contribution in [1.82, 2.24) is 47.0 Å².